The van der Waals surface area contributed by atoms with Crippen molar-refractivity contribution in [2.24, 2.45) is 0 Å². The second-order valence-corrected chi connectivity index (χ2v) is 4.42. The van der Waals surface area contributed by atoms with Crippen LogP contribution in [0.25, 0.3) is 0 Å². The van der Waals surface area contributed by atoms with E-state index in [4.69, 9.17) is 10.5 Å². The molecule has 0 aliphatic carbocycles. The molecule has 102 valence electrons. The summed E-state index contributed by atoms with van der Waals surface area (Å²) in [5.74, 6) is -1.92. The Balaban J connectivity index is 2.11. The van der Waals surface area contributed by atoms with Gasteiger partial charge in [-0.25, -0.2) is 9.18 Å². The Morgan fingerprint density at radius 2 is 2.21 bits per heavy atom. The first-order chi connectivity index (χ1) is 9.08. The molecule has 0 radical (unpaired) electrons. The SMILES string of the molecule is Nc1ccc(F)c(C(=O)OC2CCCCNC2=O)c1. The highest BCUT2D eigenvalue weighted by molar-refractivity contribution is 5.93. The van der Waals surface area contributed by atoms with Gasteiger partial charge in [0.25, 0.3) is 5.91 Å². The summed E-state index contributed by atoms with van der Waals surface area (Å²) in [6, 6.07) is 3.65. The van der Waals surface area contributed by atoms with Gasteiger partial charge in [-0.1, -0.05) is 0 Å². The van der Waals surface area contributed by atoms with E-state index in [1.165, 1.54) is 12.1 Å². The smallest absolute Gasteiger partial charge is 0.341 e. The van der Waals surface area contributed by atoms with Crippen molar-refractivity contribution in [2.75, 3.05) is 12.3 Å². The van der Waals surface area contributed by atoms with Crippen LogP contribution in [0, 0.1) is 5.82 Å². The van der Waals surface area contributed by atoms with Gasteiger partial charge >= 0.3 is 5.97 Å². The second-order valence-electron chi connectivity index (χ2n) is 4.42. The van der Waals surface area contributed by atoms with Gasteiger partial charge in [0.15, 0.2) is 6.10 Å². The maximum atomic E-state index is 13.5. The lowest BCUT2D eigenvalue weighted by Gasteiger charge is -2.14. The first-order valence-corrected chi connectivity index (χ1v) is 6.11. The standard InChI is InChI=1S/C13H15FN2O3/c14-10-5-4-8(15)7-9(10)13(18)19-11-3-1-2-6-16-12(11)17/h4-5,7,11H,1-3,6,15H2,(H,16,17). The molecule has 1 heterocycles. The average molecular weight is 266 g/mol. The number of esters is 1. The van der Waals surface area contributed by atoms with Crippen molar-refractivity contribution in [1.82, 2.24) is 5.32 Å². The van der Waals surface area contributed by atoms with Crippen molar-refractivity contribution < 1.29 is 18.7 Å². The Morgan fingerprint density at radius 3 is 3.00 bits per heavy atom. The molecule has 2 rings (SSSR count). The van der Waals surface area contributed by atoms with E-state index in [0.29, 0.717) is 13.0 Å². The molecule has 1 aliphatic rings. The number of hydrogen-bond donors (Lipinski definition) is 2. The number of nitrogen functional groups attached to an aromatic ring is 1. The third kappa shape index (κ3) is 3.21. The molecule has 1 atom stereocenters. The largest absolute Gasteiger partial charge is 0.449 e. The van der Waals surface area contributed by atoms with Crippen LogP contribution in [0.1, 0.15) is 29.6 Å². The highest BCUT2D eigenvalue weighted by Crippen LogP contribution is 2.16. The average Bonchev–Trinajstić information content (AvgIpc) is 2.58. The van der Waals surface area contributed by atoms with E-state index in [1.54, 1.807) is 0 Å². The van der Waals surface area contributed by atoms with Crippen LogP contribution in [-0.2, 0) is 9.53 Å². The van der Waals surface area contributed by atoms with E-state index in [-0.39, 0.29) is 17.2 Å². The molecule has 0 saturated carbocycles. The van der Waals surface area contributed by atoms with Crippen LogP contribution in [0.5, 0.6) is 0 Å². The first-order valence-electron chi connectivity index (χ1n) is 6.11. The summed E-state index contributed by atoms with van der Waals surface area (Å²) in [5.41, 5.74) is 5.51. The van der Waals surface area contributed by atoms with Gasteiger partial charge in [-0.05, 0) is 37.5 Å². The van der Waals surface area contributed by atoms with Gasteiger partial charge in [0.05, 0.1) is 5.56 Å². The summed E-state index contributed by atoms with van der Waals surface area (Å²) in [5, 5.41) is 2.64. The summed E-state index contributed by atoms with van der Waals surface area (Å²) < 4.78 is 18.6. The number of ether oxygens (including phenoxy) is 1. The maximum Gasteiger partial charge on any atom is 0.341 e. The van der Waals surface area contributed by atoms with Crippen molar-refractivity contribution in [3.63, 3.8) is 0 Å². The topological polar surface area (TPSA) is 81.4 Å². The molecule has 5 nitrogen and oxygen atoms in total. The number of anilines is 1. The zero-order valence-electron chi connectivity index (χ0n) is 10.3. The van der Waals surface area contributed by atoms with Gasteiger partial charge in [0, 0.05) is 12.2 Å². The minimum atomic E-state index is -0.869. The Hall–Kier alpha value is -2.11. The third-order valence-electron chi connectivity index (χ3n) is 2.94. The Labute approximate surface area is 109 Å². The van der Waals surface area contributed by atoms with Crippen LogP contribution in [0.15, 0.2) is 18.2 Å². The molecular weight excluding hydrogens is 251 g/mol. The highest BCUT2D eigenvalue weighted by atomic mass is 19.1. The molecule has 1 unspecified atom stereocenters. The molecule has 1 aromatic carbocycles. The fourth-order valence-electron chi connectivity index (χ4n) is 1.92. The number of carbonyl (C=O) groups is 2. The zero-order chi connectivity index (χ0) is 13.8. The molecule has 1 saturated heterocycles. The number of carbonyl (C=O) groups excluding carboxylic acids is 2. The molecular formula is C13H15FN2O3. The number of rotatable bonds is 2. The fourth-order valence-corrected chi connectivity index (χ4v) is 1.92. The van der Waals surface area contributed by atoms with Crippen LogP contribution in [-0.4, -0.2) is 24.5 Å². The van der Waals surface area contributed by atoms with Crippen LogP contribution < -0.4 is 11.1 Å². The Morgan fingerprint density at radius 1 is 1.42 bits per heavy atom. The van der Waals surface area contributed by atoms with Crippen LogP contribution >= 0.6 is 0 Å². The van der Waals surface area contributed by atoms with Gasteiger partial charge in [-0.2, -0.15) is 0 Å². The molecule has 6 heteroatoms. The molecule has 19 heavy (non-hydrogen) atoms. The van der Waals surface area contributed by atoms with E-state index in [0.717, 1.165) is 18.9 Å². The fraction of sp³-hybridized carbons (Fsp3) is 0.385. The number of benzene rings is 1. The maximum absolute atomic E-state index is 13.5. The Kier molecular flexibility index (Phi) is 3.99. The molecule has 3 N–H and O–H groups in total. The second kappa shape index (κ2) is 5.69. The molecule has 1 aliphatic heterocycles. The minimum Gasteiger partial charge on any atom is -0.449 e. The quantitative estimate of drug-likeness (QED) is 0.623. The van der Waals surface area contributed by atoms with Crippen molar-refractivity contribution in [3.8, 4) is 0 Å². The summed E-state index contributed by atoms with van der Waals surface area (Å²) in [6.45, 7) is 0.569. The number of halogens is 1. The lowest BCUT2D eigenvalue weighted by Crippen LogP contribution is -2.36. The summed E-state index contributed by atoms with van der Waals surface area (Å²) in [7, 11) is 0. The monoisotopic (exact) mass is 266 g/mol. The summed E-state index contributed by atoms with van der Waals surface area (Å²) in [6.07, 6.45) is 1.19. The van der Waals surface area contributed by atoms with Crippen molar-refractivity contribution in [3.05, 3.63) is 29.6 Å². The predicted octanol–water partition coefficient (Wildman–Crippen LogP) is 1.23. The predicted molar refractivity (Wildman–Crippen MR) is 66.9 cm³/mol. The molecule has 1 fully saturated rings. The normalized spacial score (nSPS) is 19.4. The molecule has 0 spiro atoms. The first kappa shape index (κ1) is 13.3. The molecule has 1 aromatic rings. The number of amides is 1. The molecule has 0 aromatic heterocycles. The zero-order valence-corrected chi connectivity index (χ0v) is 10.3. The van der Waals surface area contributed by atoms with E-state index >= 15 is 0 Å². The van der Waals surface area contributed by atoms with Crippen molar-refractivity contribution in [2.45, 2.75) is 25.4 Å². The molecule has 1 amide bonds. The number of hydrogen-bond acceptors (Lipinski definition) is 4. The van der Waals surface area contributed by atoms with E-state index in [2.05, 4.69) is 5.32 Å². The summed E-state index contributed by atoms with van der Waals surface area (Å²) >= 11 is 0. The summed E-state index contributed by atoms with van der Waals surface area (Å²) in [4.78, 5) is 23.5. The minimum absolute atomic E-state index is 0.253. The van der Waals surface area contributed by atoms with Gasteiger partial charge < -0.3 is 15.8 Å². The van der Waals surface area contributed by atoms with Crippen LogP contribution in [0.2, 0.25) is 0 Å². The van der Waals surface area contributed by atoms with Gasteiger partial charge in [-0.3, -0.25) is 4.79 Å². The van der Waals surface area contributed by atoms with Crippen molar-refractivity contribution >= 4 is 17.6 Å². The third-order valence-corrected chi connectivity index (χ3v) is 2.94. The van der Waals surface area contributed by atoms with E-state index < -0.39 is 17.9 Å². The van der Waals surface area contributed by atoms with Crippen molar-refractivity contribution in [1.29, 1.82) is 0 Å². The Bertz CT molecular complexity index is 505. The van der Waals surface area contributed by atoms with Gasteiger partial charge in [0.1, 0.15) is 5.82 Å². The highest BCUT2D eigenvalue weighted by Gasteiger charge is 2.26. The lowest BCUT2D eigenvalue weighted by molar-refractivity contribution is -0.129. The lowest BCUT2D eigenvalue weighted by atomic mass is 10.1. The number of nitrogens with one attached hydrogen (secondary N) is 1. The van der Waals surface area contributed by atoms with Gasteiger partial charge in [0.2, 0.25) is 0 Å². The number of nitrogens with two attached hydrogens (primary N) is 1. The van der Waals surface area contributed by atoms with Crippen LogP contribution in [0.3, 0.4) is 0 Å². The van der Waals surface area contributed by atoms with E-state index in [1.807, 2.05) is 0 Å². The van der Waals surface area contributed by atoms with Gasteiger partial charge in [-0.15, -0.1) is 0 Å². The molecule has 0 bridgehead atoms. The van der Waals surface area contributed by atoms with Crippen LogP contribution in [0.4, 0.5) is 10.1 Å². The van der Waals surface area contributed by atoms with E-state index in [9.17, 15) is 14.0 Å².